The van der Waals surface area contributed by atoms with Crippen LogP contribution >= 0.6 is 0 Å². The summed E-state index contributed by atoms with van der Waals surface area (Å²) < 4.78 is 0. The number of hydrogen-bond donors (Lipinski definition) is 0. The fraction of sp³-hybridized carbons (Fsp3) is 0.0741. The molecule has 0 aliphatic carbocycles. The van der Waals surface area contributed by atoms with Gasteiger partial charge in [-0.3, -0.25) is 9.69 Å². The van der Waals surface area contributed by atoms with E-state index in [1.165, 1.54) is 5.56 Å². The zero-order chi connectivity index (χ0) is 20.3. The Kier molecular flexibility index (Phi) is 4.78. The quantitative estimate of drug-likeness (QED) is 0.423. The molecule has 1 aliphatic rings. The maximum Gasteiger partial charge on any atom is 0.262 e. The SMILES string of the molecule is O=C1c2ccccc2N(Cc2ccccc2)[C@H](c2ccccc2)N1c1ccccc1. The molecule has 0 fully saturated rings. The summed E-state index contributed by atoms with van der Waals surface area (Å²) in [5.41, 5.74) is 4.87. The van der Waals surface area contributed by atoms with Crippen molar-refractivity contribution in [3.05, 3.63) is 132 Å². The third-order valence-electron chi connectivity index (χ3n) is 5.53. The maximum absolute atomic E-state index is 13.7. The number of hydrogen-bond acceptors (Lipinski definition) is 2. The van der Waals surface area contributed by atoms with Gasteiger partial charge in [0.15, 0.2) is 0 Å². The zero-order valence-electron chi connectivity index (χ0n) is 16.6. The maximum atomic E-state index is 13.7. The molecule has 4 aromatic carbocycles. The van der Waals surface area contributed by atoms with Gasteiger partial charge in [0, 0.05) is 12.2 Å². The first kappa shape index (κ1) is 18.2. The van der Waals surface area contributed by atoms with Crippen LogP contribution in [0.2, 0.25) is 0 Å². The molecule has 0 saturated carbocycles. The average molecular weight is 390 g/mol. The van der Waals surface area contributed by atoms with Crippen molar-refractivity contribution in [2.45, 2.75) is 12.7 Å². The molecule has 0 spiro atoms. The molecule has 146 valence electrons. The lowest BCUT2D eigenvalue weighted by Crippen LogP contribution is -2.49. The summed E-state index contributed by atoms with van der Waals surface area (Å²) in [6, 6.07) is 38.5. The molecular formula is C27H22N2O. The second-order valence-electron chi connectivity index (χ2n) is 7.43. The van der Waals surface area contributed by atoms with Crippen molar-refractivity contribution in [2.75, 3.05) is 9.80 Å². The van der Waals surface area contributed by atoms with Gasteiger partial charge in [-0.15, -0.1) is 0 Å². The molecule has 1 amide bonds. The second kappa shape index (κ2) is 7.88. The monoisotopic (exact) mass is 390 g/mol. The van der Waals surface area contributed by atoms with Gasteiger partial charge in [0.05, 0.1) is 11.3 Å². The predicted octanol–water partition coefficient (Wildman–Crippen LogP) is 6.05. The fourth-order valence-electron chi connectivity index (χ4n) is 4.17. The number of fused-ring (bicyclic) bond motifs is 1. The highest BCUT2D eigenvalue weighted by atomic mass is 16.2. The fourth-order valence-corrected chi connectivity index (χ4v) is 4.17. The minimum atomic E-state index is -0.240. The van der Waals surface area contributed by atoms with E-state index in [9.17, 15) is 4.79 Å². The van der Waals surface area contributed by atoms with Crippen molar-refractivity contribution in [3.8, 4) is 0 Å². The minimum Gasteiger partial charge on any atom is -0.342 e. The molecule has 1 aliphatic heterocycles. The van der Waals surface area contributed by atoms with Gasteiger partial charge in [-0.25, -0.2) is 0 Å². The second-order valence-corrected chi connectivity index (χ2v) is 7.43. The molecule has 0 saturated heterocycles. The van der Waals surface area contributed by atoms with Crippen LogP contribution in [0.25, 0.3) is 0 Å². The minimum absolute atomic E-state index is 0.0231. The molecule has 1 heterocycles. The van der Waals surface area contributed by atoms with Gasteiger partial charge in [0.1, 0.15) is 6.17 Å². The Morgan fingerprint density at radius 3 is 1.90 bits per heavy atom. The Morgan fingerprint density at radius 1 is 0.633 bits per heavy atom. The number of para-hydroxylation sites is 2. The largest absolute Gasteiger partial charge is 0.342 e. The van der Waals surface area contributed by atoms with Gasteiger partial charge in [-0.2, -0.15) is 0 Å². The summed E-state index contributed by atoms with van der Waals surface area (Å²) in [6.07, 6.45) is -0.240. The first-order valence-corrected chi connectivity index (χ1v) is 10.2. The van der Waals surface area contributed by atoms with Crippen LogP contribution < -0.4 is 9.80 Å². The van der Waals surface area contributed by atoms with E-state index in [2.05, 4.69) is 47.4 Å². The standard InChI is InChI=1S/C27H22N2O/c30-27-24-18-10-11-19-25(24)28(20-21-12-4-1-5-13-21)26(22-14-6-2-7-15-22)29(27)23-16-8-3-9-17-23/h1-19,26H,20H2/t26-/m0/s1. The molecule has 0 unspecified atom stereocenters. The number of carbonyl (C=O) groups excluding carboxylic acids is 1. The summed E-state index contributed by atoms with van der Waals surface area (Å²) in [5.74, 6) is 0.0231. The normalized spacial score (nSPS) is 15.7. The molecule has 3 nitrogen and oxygen atoms in total. The Hall–Kier alpha value is -3.85. The van der Waals surface area contributed by atoms with Crippen LogP contribution in [0.4, 0.5) is 11.4 Å². The highest BCUT2D eigenvalue weighted by Crippen LogP contribution is 2.42. The summed E-state index contributed by atoms with van der Waals surface area (Å²) in [7, 11) is 0. The molecule has 3 heteroatoms. The topological polar surface area (TPSA) is 23.6 Å². The number of rotatable bonds is 4. The summed E-state index contributed by atoms with van der Waals surface area (Å²) in [4.78, 5) is 17.9. The van der Waals surface area contributed by atoms with Gasteiger partial charge < -0.3 is 4.90 Å². The Labute approximate surface area is 176 Å². The van der Waals surface area contributed by atoms with E-state index in [1.54, 1.807) is 0 Å². The molecule has 0 aromatic heterocycles. The third-order valence-corrected chi connectivity index (χ3v) is 5.53. The molecular weight excluding hydrogens is 368 g/mol. The van der Waals surface area contributed by atoms with Crippen LogP contribution in [0.1, 0.15) is 27.7 Å². The van der Waals surface area contributed by atoms with E-state index < -0.39 is 0 Å². The van der Waals surface area contributed by atoms with E-state index in [-0.39, 0.29) is 12.1 Å². The number of nitrogens with zero attached hydrogens (tertiary/aromatic N) is 2. The first-order valence-electron chi connectivity index (χ1n) is 10.2. The van der Waals surface area contributed by atoms with Crippen molar-refractivity contribution in [3.63, 3.8) is 0 Å². The molecule has 0 radical (unpaired) electrons. The van der Waals surface area contributed by atoms with Crippen LogP contribution in [0.5, 0.6) is 0 Å². The highest BCUT2D eigenvalue weighted by Gasteiger charge is 2.39. The van der Waals surface area contributed by atoms with Crippen molar-refractivity contribution >= 4 is 17.3 Å². The van der Waals surface area contributed by atoms with E-state index in [4.69, 9.17) is 0 Å². The average Bonchev–Trinajstić information content (AvgIpc) is 2.82. The Bertz CT molecular complexity index is 1140. The van der Waals surface area contributed by atoms with Crippen molar-refractivity contribution in [1.29, 1.82) is 0 Å². The third kappa shape index (κ3) is 3.25. The molecule has 0 bridgehead atoms. The van der Waals surface area contributed by atoms with Crippen LogP contribution in [-0.2, 0) is 6.54 Å². The molecule has 4 aromatic rings. The lowest BCUT2D eigenvalue weighted by molar-refractivity contribution is 0.0968. The van der Waals surface area contributed by atoms with Crippen molar-refractivity contribution in [2.24, 2.45) is 0 Å². The Balaban J connectivity index is 1.72. The van der Waals surface area contributed by atoms with E-state index in [1.807, 2.05) is 77.7 Å². The van der Waals surface area contributed by atoms with Crippen LogP contribution in [0, 0.1) is 0 Å². The smallest absolute Gasteiger partial charge is 0.262 e. The molecule has 0 N–H and O–H groups in total. The van der Waals surface area contributed by atoms with Gasteiger partial charge >= 0.3 is 0 Å². The molecule has 1 atom stereocenters. The van der Waals surface area contributed by atoms with Crippen LogP contribution in [0.15, 0.2) is 115 Å². The number of amides is 1. The van der Waals surface area contributed by atoms with Crippen molar-refractivity contribution in [1.82, 2.24) is 0 Å². The van der Waals surface area contributed by atoms with Crippen LogP contribution in [-0.4, -0.2) is 5.91 Å². The number of carbonyl (C=O) groups is 1. The zero-order valence-corrected chi connectivity index (χ0v) is 16.6. The molecule has 30 heavy (non-hydrogen) atoms. The van der Waals surface area contributed by atoms with Crippen LogP contribution in [0.3, 0.4) is 0 Å². The van der Waals surface area contributed by atoms with Gasteiger partial charge in [0.2, 0.25) is 0 Å². The number of benzene rings is 4. The van der Waals surface area contributed by atoms with Gasteiger partial charge in [-0.1, -0.05) is 91.0 Å². The predicted molar refractivity (Wildman–Crippen MR) is 122 cm³/mol. The van der Waals surface area contributed by atoms with E-state index >= 15 is 0 Å². The lowest BCUT2D eigenvalue weighted by Gasteiger charge is -2.46. The van der Waals surface area contributed by atoms with Gasteiger partial charge in [-0.05, 0) is 35.4 Å². The Morgan fingerprint density at radius 2 is 1.20 bits per heavy atom. The first-order chi connectivity index (χ1) is 14.8. The summed E-state index contributed by atoms with van der Waals surface area (Å²) in [5, 5.41) is 0. The number of anilines is 2. The van der Waals surface area contributed by atoms with Crippen molar-refractivity contribution < 1.29 is 4.79 Å². The van der Waals surface area contributed by atoms with E-state index in [0.717, 1.165) is 22.5 Å². The molecule has 5 rings (SSSR count). The van der Waals surface area contributed by atoms with Gasteiger partial charge in [0.25, 0.3) is 5.91 Å². The lowest BCUT2D eigenvalue weighted by atomic mass is 9.99. The summed E-state index contributed by atoms with van der Waals surface area (Å²) >= 11 is 0. The van der Waals surface area contributed by atoms with E-state index in [0.29, 0.717) is 6.54 Å². The highest BCUT2D eigenvalue weighted by molar-refractivity contribution is 6.12. The summed E-state index contributed by atoms with van der Waals surface area (Å²) in [6.45, 7) is 0.702.